The van der Waals surface area contributed by atoms with Crippen LogP contribution in [-0.4, -0.2) is 9.38 Å². The Balaban J connectivity index is 1.91. The molecule has 0 fully saturated rings. The SMILES string of the molecule is FC(F)(F)c1ccc(C#Cc2ncn3ccccc23)cc1. The predicted molar refractivity (Wildman–Crippen MR) is 72.6 cm³/mol. The second kappa shape index (κ2) is 4.98. The van der Waals surface area contributed by atoms with E-state index < -0.39 is 11.7 Å². The molecule has 0 aliphatic rings. The first-order valence-electron chi connectivity index (χ1n) is 6.15. The van der Waals surface area contributed by atoms with Crippen molar-refractivity contribution in [2.75, 3.05) is 0 Å². The van der Waals surface area contributed by atoms with Gasteiger partial charge in [0.15, 0.2) is 0 Å². The zero-order chi connectivity index (χ0) is 14.9. The first-order chi connectivity index (χ1) is 10.0. The van der Waals surface area contributed by atoms with Crippen LogP contribution >= 0.6 is 0 Å². The molecule has 0 saturated carbocycles. The number of aromatic nitrogens is 2. The first-order valence-corrected chi connectivity index (χ1v) is 6.15. The van der Waals surface area contributed by atoms with Crippen molar-refractivity contribution in [1.29, 1.82) is 0 Å². The van der Waals surface area contributed by atoms with Crippen LogP contribution in [-0.2, 0) is 6.18 Å². The van der Waals surface area contributed by atoms with Crippen LogP contribution in [0.25, 0.3) is 5.52 Å². The minimum atomic E-state index is -4.33. The van der Waals surface area contributed by atoms with E-state index in [1.807, 2.05) is 28.8 Å². The normalized spacial score (nSPS) is 11.2. The number of hydrogen-bond donors (Lipinski definition) is 0. The van der Waals surface area contributed by atoms with Gasteiger partial charge in [-0.1, -0.05) is 12.0 Å². The summed E-state index contributed by atoms with van der Waals surface area (Å²) in [7, 11) is 0. The fourth-order valence-corrected chi connectivity index (χ4v) is 1.91. The summed E-state index contributed by atoms with van der Waals surface area (Å²) in [5.41, 5.74) is 1.29. The monoisotopic (exact) mass is 286 g/mol. The van der Waals surface area contributed by atoms with Crippen LogP contribution in [0, 0.1) is 11.8 Å². The molecule has 2 heterocycles. The third-order valence-corrected chi connectivity index (χ3v) is 2.98. The number of rotatable bonds is 0. The van der Waals surface area contributed by atoms with Crippen molar-refractivity contribution in [3.8, 4) is 11.8 Å². The lowest BCUT2D eigenvalue weighted by atomic mass is 10.1. The molecule has 0 saturated heterocycles. The number of fused-ring (bicyclic) bond motifs is 1. The molecule has 1 aromatic carbocycles. The fraction of sp³-hybridized carbons (Fsp3) is 0.0625. The quantitative estimate of drug-likeness (QED) is 0.575. The summed E-state index contributed by atoms with van der Waals surface area (Å²) in [5, 5.41) is 0. The van der Waals surface area contributed by atoms with Gasteiger partial charge in [-0.05, 0) is 42.3 Å². The topological polar surface area (TPSA) is 17.3 Å². The summed E-state index contributed by atoms with van der Waals surface area (Å²) >= 11 is 0. The van der Waals surface area contributed by atoms with Crippen molar-refractivity contribution in [2.24, 2.45) is 0 Å². The Hall–Kier alpha value is -2.74. The largest absolute Gasteiger partial charge is 0.416 e. The second-order valence-electron chi connectivity index (χ2n) is 4.41. The van der Waals surface area contributed by atoms with Gasteiger partial charge in [-0.15, -0.1) is 0 Å². The van der Waals surface area contributed by atoms with Crippen LogP contribution in [0.3, 0.4) is 0 Å². The molecule has 104 valence electrons. The average Bonchev–Trinajstić information content (AvgIpc) is 2.88. The molecule has 0 bridgehead atoms. The van der Waals surface area contributed by atoms with E-state index in [2.05, 4.69) is 16.8 Å². The number of alkyl halides is 3. The Morgan fingerprint density at radius 3 is 2.43 bits per heavy atom. The molecule has 0 spiro atoms. The Morgan fingerprint density at radius 2 is 1.71 bits per heavy atom. The van der Waals surface area contributed by atoms with E-state index in [1.54, 1.807) is 6.33 Å². The highest BCUT2D eigenvalue weighted by atomic mass is 19.4. The Bertz CT molecular complexity index is 834. The summed E-state index contributed by atoms with van der Waals surface area (Å²) in [6, 6.07) is 10.4. The van der Waals surface area contributed by atoms with Crippen LogP contribution in [0.1, 0.15) is 16.8 Å². The van der Waals surface area contributed by atoms with Gasteiger partial charge in [0, 0.05) is 11.8 Å². The standard InChI is InChI=1S/C16H9F3N2/c17-16(18,19)13-7-4-12(5-8-13)6-9-14-15-3-1-2-10-21(15)11-20-14/h1-5,7-8,10-11H. The molecule has 3 rings (SSSR count). The van der Waals surface area contributed by atoms with Gasteiger partial charge in [0.05, 0.1) is 11.1 Å². The van der Waals surface area contributed by atoms with E-state index in [0.717, 1.165) is 17.6 Å². The molecule has 0 amide bonds. The second-order valence-corrected chi connectivity index (χ2v) is 4.41. The van der Waals surface area contributed by atoms with Gasteiger partial charge in [0.2, 0.25) is 0 Å². The van der Waals surface area contributed by atoms with Gasteiger partial charge in [0.1, 0.15) is 12.0 Å². The molecule has 2 nitrogen and oxygen atoms in total. The summed E-state index contributed by atoms with van der Waals surface area (Å²) in [6.45, 7) is 0. The molecule has 0 atom stereocenters. The summed E-state index contributed by atoms with van der Waals surface area (Å²) in [5.74, 6) is 5.70. The number of imidazole rings is 1. The average molecular weight is 286 g/mol. The number of pyridine rings is 1. The summed E-state index contributed by atoms with van der Waals surface area (Å²) in [6.07, 6.45) is -0.830. The molecule has 5 heteroatoms. The maximum atomic E-state index is 12.5. The lowest BCUT2D eigenvalue weighted by Gasteiger charge is -2.05. The minimum Gasteiger partial charge on any atom is -0.305 e. The van der Waals surface area contributed by atoms with Gasteiger partial charge >= 0.3 is 6.18 Å². The highest BCUT2D eigenvalue weighted by Gasteiger charge is 2.29. The van der Waals surface area contributed by atoms with Gasteiger partial charge in [-0.3, -0.25) is 0 Å². The highest BCUT2D eigenvalue weighted by molar-refractivity contribution is 5.60. The van der Waals surface area contributed by atoms with Crippen LogP contribution in [0.4, 0.5) is 13.2 Å². The van der Waals surface area contributed by atoms with E-state index in [-0.39, 0.29) is 0 Å². The first kappa shape index (κ1) is 13.3. The molecular formula is C16H9F3N2. The molecule has 0 aliphatic carbocycles. The van der Waals surface area contributed by atoms with E-state index >= 15 is 0 Å². The number of nitrogens with zero attached hydrogens (tertiary/aromatic N) is 2. The number of benzene rings is 1. The maximum absolute atomic E-state index is 12.5. The maximum Gasteiger partial charge on any atom is 0.416 e. The van der Waals surface area contributed by atoms with Crippen molar-refractivity contribution in [3.05, 3.63) is 71.8 Å². The van der Waals surface area contributed by atoms with Crippen molar-refractivity contribution in [3.63, 3.8) is 0 Å². The minimum absolute atomic E-state index is 0.514. The van der Waals surface area contributed by atoms with Crippen LogP contribution in [0.2, 0.25) is 0 Å². The third-order valence-electron chi connectivity index (χ3n) is 2.98. The molecular weight excluding hydrogens is 277 g/mol. The Morgan fingerprint density at radius 1 is 0.952 bits per heavy atom. The zero-order valence-electron chi connectivity index (χ0n) is 10.7. The van der Waals surface area contributed by atoms with Crippen molar-refractivity contribution in [1.82, 2.24) is 9.38 Å². The fourth-order valence-electron chi connectivity index (χ4n) is 1.91. The van der Waals surface area contributed by atoms with E-state index in [4.69, 9.17) is 0 Å². The van der Waals surface area contributed by atoms with Crippen molar-refractivity contribution < 1.29 is 13.2 Å². The smallest absolute Gasteiger partial charge is 0.305 e. The molecule has 0 N–H and O–H groups in total. The van der Waals surface area contributed by atoms with Crippen LogP contribution in [0.15, 0.2) is 55.0 Å². The van der Waals surface area contributed by atoms with E-state index in [1.165, 1.54) is 12.1 Å². The van der Waals surface area contributed by atoms with Gasteiger partial charge in [-0.2, -0.15) is 13.2 Å². The van der Waals surface area contributed by atoms with Gasteiger partial charge < -0.3 is 4.40 Å². The van der Waals surface area contributed by atoms with Crippen molar-refractivity contribution in [2.45, 2.75) is 6.18 Å². The van der Waals surface area contributed by atoms with Gasteiger partial charge in [-0.25, -0.2) is 4.98 Å². The van der Waals surface area contributed by atoms with Crippen LogP contribution in [0.5, 0.6) is 0 Å². The molecule has 3 aromatic rings. The van der Waals surface area contributed by atoms with E-state index in [0.29, 0.717) is 11.3 Å². The molecule has 0 aliphatic heterocycles. The third kappa shape index (κ3) is 2.75. The molecule has 2 aromatic heterocycles. The summed E-state index contributed by atoms with van der Waals surface area (Å²) < 4.78 is 39.2. The highest BCUT2D eigenvalue weighted by Crippen LogP contribution is 2.28. The Kier molecular flexibility index (Phi) is 3.15. The Labute approximate surface area is 118 Å². The zero-order valence-corrected chi connectivity index (χ0v) is 10.7. The van der Waals surface area contributed by atoms with Gasteiger partial charge in [0.25, 0.3) is 0 Å². The molecule has 0 radical (unpaired) electrons. The molecule has 0 unspecified atom stereocenters. The van der Waals surface area contributed by atoms with Crippen molar-refractivity contribution >= 4 is 5.52 Å². The molecule has 21 heavy (non-hydrogen) atoms. The number of halogens is 3. The predicted octanol–water partition coefficient (Wildman–Crippen LogP) is 3.75. The lowest BCUT2D eigenvalue weighted by Crippen LogP contribution is -2.04. The number of hydrogen-bond acceptors (Lipinski definition) is 1. The van der Waals surface area contributed by atoms with Crippen LogP contribution < -0.4 is 0 Å². The summed E-state index contributed by atoms with van der Waals surface area (Å²) in [4.78, 5) is 4.18. The lowest BCUT2D eigenvalue weighted by molar-refractivity contribution is -0.137. The van der Waals surface area contributed by atoms with E-state index in [9.17, 15) is 13.2 Å².